The molecule has 2 aliphatic rings. The molecule has 1 heterocycles. The van der Waals surface area contributed by atoms with Crippen LogP contribution in [0.15, 0.2) is 48.5 Å². The molecule has 6 heteroatoms. The quantitative estimate of drug-likeness (QED) is 0.902. The predicted molar refractivity (Wildman–Crippen MR) is 98.6 cm³/mol. The molecule has 0 radical (unpaired) electrons. The first kappa shape index (κ1) is 17.5. The number of carboxylic acids is 1. The van der Waals surface area contributed by atoms with Gasteiger partial charge in [0.15, 0.2) is 6.10 Å². The molecular formula is C21H21NO5. The van der Waals surface area contributed by atoms with Gasteiger partial charge in [0.05, 0.1) is 19.2 Å². The minimum atomic E-state index is -1.07. The highest BCUT2D eigenvalue weighted by Gasteiger charge is 2.34. The van der Waals surface area contributed by atoms with Gasteiger partial charge < -0.3 is 19.5 Å². The van der Waals surface area contributed by atoms with Crippen LogP contribution in [0.5, 0.6) is 0 Å². The zero-order valence-electron chi connectivity index (χ0n) is 15.0. The summed E-state index contributed by atoms with van der Waals surface area (Å²) in [5.41, 5.74) is 4.62. The molecule has 1 fully saturated rings. The number of rotatable bonds is 3. The van der Waals surface area contributed by atoms with E-state index in [1.165, 1.54) is 16.0 Å². The van der Waals surface area contributed by atoms with Crippen molar-refractivity contribution in [2.45, 2.75) is 25.0 Å². The van der Waals surface area contributed by atoms with E-state index in [0.717, 1.165) is 11.1 Å². The maximum atomic E-state index is 12.5. The first-order valence-electron chi connectivity index (χ1n) is 9.02. The van der Waals surface area contributed by atoms with Crippen LogP contribution in [0.2, 0.25) is 0 Å². The maximum absolute atomic E-state index is 12.5. The number of hydrogen-bond donors (Lipinski definition) is 1. The summed E-state index contributed by atoms with van der Waals surface area (Å²) in [4.78, 5) is 25.2. The van der Waals surface area contributed by atoms with Gasteiger partial charge in [-0.3, -0.25) is 0 Å². The highest BCUT2D eigenvalue weighted by atomic mass is 16.6. The second-order valence-corrected chi connectivity index (χ2v) is 6.98. The fraction of sp³-hybridized carbons (Fsp3) is 0.333. The van der Waals surface area contributed by atoms with E-state index >= 15 is 0 Å². The molecule has 0 unspecified atom stereocenters. The van der Waals surface area contributed by atoms with Gasteiger partial charge in [0, 0.05) is 5.92 Å². The SMILES string of the molecule is C[C@H]1CN(C(=O)OCC2c3ccccc3-c3ccccc32)C[C@H](C(=O)O)O1. The van der Waals surface area contributed by atoms with Gasteiger partial charge in [0.25, 0.3) is 0 Å². The van der Waals surface area contributed by atoms with Crippen LogP contribution in [0.25, 0.3) is 11.1 Å². The summed E-state index contributed by atoms with van der Waals surface area (Å²) in [6, 6.07) is 16.3. The van der Waals surface area contributed by atoms with Crippen molar-refractivity contribution in [1.29, 1.82) is 0 Å². The third-order valence-electron chi connectivity index (χ3n) is 5.13. The lowest BCUT2D eigenvalue weighted by Crippen LogP contribution is -2.52. The third kappa shape index (κ3) is 3.28. The molecule has 0 saturated carbocycles. The summed E-state index contributed by atoms with van der Waals surface area (Å²) < 4.78 is 10.9. The highest BCUT2D eigenvalue weighted by molar-refractivity contribution is 5.79. The van der Waals surface area contributed by atoms with Crippen molar-refractivity contribution in [3.63, 3.8) is 0 Å². The number of fused-ring (bicyclic) bond motifs is 3. The van der Waals surface area contributed by atoms with Crippen LogP contribution in [0.1, 0.15) is 24.0 Å². The van der Waals surface area contributed by atoms with Crippen molar-refractivity contribution in [3.05, 3.63) is 59.7 Å². The van der Waals surface area contributed by atoms with Crippen LogP contribution in [0.4, 0.5) is 4.79 Å². The van der Waals surface area contributed by atoms with Gasteiger partial charge in [0.1, 0.15) is 6.61 Å². The van der Waals surface area contributed by atoms with Gasteiger partial charge in [-0.1, -0.05) is 48.5 Å². The Balaban J connectivity index is 1.49. The number of morpholine rings is 1. The van der Waals surface area contributed by atoms with Gasteiger partial charge in [-0.05, 0) is 29.2 Å². The fourth-order valence-corrected chi connectivity index (χ4v) is 3.92. The zero-order chi connectivity index (χ0) is 19.0. The van der Waals surface area contributed by atoms with Crippen LogP contribution < -0.4 is 0 Å². The van der Waals surface area contributed by atoms with Crippen molar-refractivity contribution in [2.75, 3.05) is 19.7 Å². The van der Waals surface area contributed by atoms with E-state index in [2.05, 4.69) is 24.3 Å². The molecule has 6 nitrogen and oxygen atoms in total. The summed E-state index contributed by atoms with van der Waals surface area (Å²) in [6.45, 7) is 2.28. The van der Waals surface area contributed by atoms with E-state index in [0.29, 0.717) is 6.54 Å². The van der Waals surface area contributed by atoms with Crippen LogP contribution >= 0.6 is 0 Å². The number of carbonyl (C=O) groups is 2. The topological polar surface area (TPSA) is 76.1 Å². The van der Waals surface area contributed by atoms with Crippen LogP contribution in [0, 0.1) is 0 Å². The molecule has 0 spiro atoms. The molecule has 140 valence electrons. The molecule has 0 bridgehead atoms. The van der Waals surface area contributed by atoms with Crippen molar-refractivity contribution >= 4 is 12.1 Å². The standard InChI is InChI=1S/C21H21NO5/c1-13-10-22(11-19(27-13)20(23)24)21(25)26-12-18-16-8-4-2-6-14(16)15-7-3-5-9-17(15)18/h2-9,13,18-19H,10-12H2,1H3,(H,23,24)/t13-,19+/m0/s1. The van der Waals surface area contributed by atoms with Crippen molar-refractivity contribution in [2.24, 2.45) is 0 Å². The lowest BCUT2D eigenvalue weighted by atomic mass is 9.98. The highest BCUT2D eigenvalue weighted by Crippen LogP contribution is 2.44. The Morgan fingerprint density at radius 2 is 1.67 bits per heavy atom. The third-order valence-corrected chi connectivity index (χ3v) is 5.13. The summed E-state index contributed by atoms with van der Waals surface area (Å²) in [7, 11) is 0. The Labute approximate surface area is 157 Å². The minimum absolute atomic E-state index is 0.00362. The number of amides is 1. The lowest BCUT2D eigenvalue weighted by molar-refractivity contribution is -0.161. The summed E-state index contributed by atoms with van der Waals surface area (Å²) in [5.74, 6) is -1.09. The Morgan fingerprint density at radius 3 is 2.26 bits per heavy atom. The smallest absolute Gasteiger partial charge is 0.409 e. The lowest BCUT2D eigenvalue weighted by Gasteiger charge is -2.34. The zero-order valence-corrected chi connectivity index (χ0v) is 15.0. The number of nitrogens with zero attached hydrogens (tertiary/aromatic N) is 1. The molecular weight excluding hydrogens is 346 g/mol. The molecule has 27 heavy (non-hydrogen) atoms. The van der Waals surface area contributed by atoms with Crippen LogP contribution in [-0.2, 0) is 14.3 Å². The largest absolute Gasteiger partial charge is 0.479 e. The van der Waals surface area contributed by atoms with E-state index in [4.69, 9.17) is 9.47 Å². The molecule has 1 amide bonds. The summed E-state index contributed by atoms with van der Waals surface area (Å²) in [6.07, 6.45) is -1.87. The number of hydrogen-bond acceptors (Lipinski definition) is 4. The molecule has 1 aliphatic heterocycles. The number of carboxylic acid groups (broad SMARTS) is 1. The van der Waals surface area contributed by atoms with Crippen molar-refractivity contribution < 1.29 is 24.2 Å². The van der Waals surface area contributed by atoms with Gasteiger partial charge in [-0.25, -0.2) is 9.59 Å². The number of ether oxygens (including phenoxy) is 2. The van der Waals surface area contributed by atoms with Gasteiger partial charge in [-0.2, -0.15) is 0 Å². The molecule has 1 saturated heterocycles. The minimum Gasteiger partial charge on any atom is -0.479 e. The number of aliphatic carboxylic acids is 1. The Morgan fingerprint density at radius 1 is 1.07 bits per heavy atom. The molecule has 4 rings (SSSR count). The first-order chi connectivity index (χ1) is 13.0. The average molecular weight is 367 g/mol. The summed E-state index contributed by atoms with van der Waals surface area (Å²) in [5, 5.41) is 9.17. The van der Waals surface area contributed by atoms with E-state index in [9.17, 15) is 14.7 Å². The molecule has 1 N–H and O–H groups in total. The Kier molecular flexibility index (Phi) is 4.58. The fourth-order valence-electron chi connectivity index (χ4n) is 3.92. The molecule has 2 atom stereocenters. The van der Waals surface area contributed by atoms with Crippen LogP contribution in [-0.4, -0.2) is 54.0 Å². The molecule has 2 aromatic rings. The Hall–Kier alpha value is -2.86. The second-order valence-electron chi connectivity index (χ2n) is 6.98. The molecule has 2 aromatic carbocycles. The van der Waals surface area contributed by atoms with Gasteiger partial charge in [-0.15, -0.1) is 0 Å². The van der Waals surface area contributed by atoms with Gasteiger partial charge >= 0.3 is 12.1 Å². The monoisotopic (exact) mass is 367 g/mol. The average Bonchev–Trinajstić information content (AvgIpc) is 2.99. The number of benzene rings is 2. The van der Waals surface area contributed by atoms with Crippen molar-refractivity contribution in [3.8, 4) is 11.1 Å². The molecule has 1 aliphatic carbocycles. The van der Waals surface area contributed by atoms with Gasteiger partial charge in [0.2, 0.25) is 0 Å². The molecule has 0 aromatic heterocycles. The Bertz CT molecular complexity index is 835. The van der Waals surface area contributed by atoms with E-state index in [1.807, 2.05) is 24.3 Å². The maximum Gasteiger partial charge on any atom is 0.409 e. The van der Waals surface area contributed by atoms with E-state index in [1.54, 1.807) is 6.92 Å². The normalized spacial score (nSPS) is 21.4. The van der Waals surface area contributed by atoms with E-state index < -0.39 is 18.2 Å². The number of carbonyl (C=O) groups excluding carboxylic acids is 1. The first-order valence-corrected chi connectivity index (χ1v) is 9.02. The van der Waals surface area contributed by atoms with Crippen molar-refractivity contribution in [1.82, 2.24) is 4.90 Å². The van der Waals surface area contributed by atoms with E-state index in [-0.39, 0.29) is 25.2 Å². The van der Waals surface area contributed by atoms with Crippen LogP contribution in [0.3, 0.4) is 0 Å². The second kappa shape index (κ2) is 7.04. The predicted octanol–water partition coefficient (Wildman–Crippen LogP) is 3.11. The summed E-state index contributed by atoms with van der Waals surface area (Å²) >= 11 is 0.